The Morgan fingerprint density at radius 1 is 1.35 bits per heavy atom. The van der Waals surface area contributed by atoms with E-state index in [1.165, 1.54) is 49.9 Å². The van der Waals surface area contributed by atoms with E-state index in [0.29, 0.717) is 6.04 Å². The smallest absolute Gasteiger partial charge is 0.0862 e. The van der Waals surface area contributed by atoms with Gasteiger partial charge in [-0.05, 0) is 39.0 Å². The van der Waals surface area contributed by atoms with E-state index in [4.69, 9.17) is 0 Å². The van der Waals surface area contributed by atoms with E-state index in [0.717, 1.165) is 12.3 Å². The lowest BCUT2D eigenvalue weighted by atomic mass is 9.88. The molecule has 3 heteroatoms. The fraction of sp³-hybridized carbons (Fsp3) is 0.857. The van der Waals surface area contributed by atoms with Crippen molar-refractivity contribution >= 4 is 0 Å². The second-order valence-corrected chi connectivity index (χ2v) is 5.63. The summed E-state index contributed by atoms with van der Waals surface area (Å²) in [5.74, 6) is 0.830. The Hall–Kier alpha value is -0.860. The van der Waals surface area contributed by atoms with E-state index in [1.807, 2.05) is 0 Å². The summed E-state index contributed by atoms with van der Waals surface area (Å²) in [6.45, 7) is 6.67. The highest BCUT2D eigenvalue weighted by molar-refractivity contribution is 5.13. The molecule has 2 rings (SSSR count). The summed E-state index contributed by atoms with van der Waals surface area (Å²) in [6, 6.07) is 0.440. The molecule has 96 valence electrons. The standard InChI is InChI=1S/C14H25N3/c1-4-7-12-8-5-6-9-14-13(10-12)15-16-17(14)11(2)3/h11-12H,4-10H2,1-3H3. The molecule has 0 fully saturated rings. The van der Waals surface area contributed by atoms with Gasteiger partial charge in [0.1, 0.15) is 0 Å². The van der Waals surface area contributed by atoms with Crippen LogP contribution < -0.4 is 0 Å². The van der Waals surface area contributed by atoms with Gasteiger partial charge >= 0.3 is 0 Å². The van der Waals surface area contributed by atoms with Crippen LogP contribution in [-0.4, -0.2) is 15.0 Å². The molecule has 0 spiro atoms. The van der Waals surface area contributed by atoms with Crippen LogP contribution in [0.2, 0.25) is 0 Å². The predicted octanol–water partition coefficient (Wildman–Crippen LogP) is 3.54. The van der Waals surface area contributed by atoms with Crippen molar-refractivity contribution in [3.63, 3.8) is 0 Å². The quantitative estimate of drug-likeness (QED) is 0.802. The van der Waals surface area contributed by atoms with Crippen LogP contribution in [0.1, 0.15) is 70.3 Å². The van der Waals surface area contributed by atoms with E-state index < -0.39 is 0 Å². The third-order valence-corrected chi connectivity index (χ3v) is 3.82. The van der Waals surface area contributed by atoms with Gasteiger partial charge in [0, 0.05) is 6.04 Å². The Labute approximate surface area is 105 Å². The Morgan fingerprint density at radius 3 is 2.88 bits per heavy atom. The number of aromatic nitrogens is 3. The van der Waals surface area contributed by atoms with Crippen molar-refractivity contribution in [1.82, 2.24) is 15.0 Å². The topological polar surface area (TPSA) is 30.7 Å². The molecule has 0 aromatic carbocycles. The lowest BCUT2D eigenvalue weighted by Gasteiger charge is -2.19. The van der Waals surface area contributed by atoms with E-state index >= 15 is 0 Å². The maximum Gasteiger partial charge on any atom is 0.0862 e. The van der Waals surface area contributed by atoms with Gasteiger partial charge < -0.3 is 0 Å². The lowest BCUT2D eigenvalue weighted by Crippen LogP contribution is -2.13. The SMILES string of the molecule is CCCC1CCCCc2c(nnn2C(C)C)C1. The number of fused-ring (bicyclic) bond motifs is 1. The van der Waals surface area contributed by atoms with Gasteiger partial charge in [-0.15, -0.1) is 5.10 Å². The molecule has 17 heavy (non-hydrogen) atoms. The Bertz CT molecular complexity index is 354. The summed E-state index contributed by atoms with van der Waals surface area (Å²) in [7, 11) is 0. The molecule has 1 atom stereocenters. The molecule has 1 aliphatic carbocycles. The van der Waals surface area contributed by atoms with Crippen molar-refractivity contribution < 1.29 is 0 Å². The summed E-state index contributed by atoms with van der Waals surface area (Å²) < 4.78 is 2.13. The van der Waals surface area contributed by atoms with Crippen LogP contribution in [0.5, 0.6) is 0 Å². The van der Waals surface area contributed by atoms with E-state index in [2.05, 4.69) is 35.8 Å². The number of nitrogens with zero attached hydrogens (tertiary/aromatic N) is 3. The molecule has 1 unspecified atom stereocenters. The van der Waals surface area contributed by atoms with Gasteiger partial charge in [0.15, 0.2) is 0 Å². The average Bonchev–Trinajstić information content (AvgIpc) is 2.63. The third kappa shape index (κ3) is 2.88. The average molecular weight is 235 g/mol. The zero-order chi connectivity index (χ0) is 12.3. The maximum atomic E-state index is 4.43. The first-order valence-corrected chi connectivity index (χ1v) is 7.15. The highest BCUT2D eigenvalue weighted by Crippen LogP contribution is 2.26. The third-order valence-electron chi connectivity index (χ3n) is 3.82. The minimum absolute atomic E-state index is 0.440. The molecule has 0 N–H and O–H groups in total. The van der Waals surface area contributed by atoms with Crippen molar-refractivity contribution in [3.8, 4) is 0 Å². The van der Waals surface area contributed by atoms with E-state index in [9.17, 15) is 0 Å². The maximum absolute atomic E-state index is 4.43. The van der Waals surface area contributed by atoms with Gasteiger partial charge in [0.05, 0.1) is 11.4 Å². The van der Waals surface area contributed by atoms with Crippen LogP contribution in [0.15, 0.2) is 0 Å². The largest absolute Gasteiger partial charge is 0.247 e. The number of rotatable bonds is 3. The molecule has 0 amide bonds. The Balaban J connectivity index is 2.20. The fourth-order valence-electron chi connectivity index (χ4n) is 2.93. The summed E-state index contributed by atoms with van der Waals surface area (Å²) in [5.41, 5.74) is 2.68. The molecule has 0 saturated heterocycles. The first-order valence-electron chi connectivity index (χ1n) is 7.15. The van der Waals surface area contributed by atoms with Crippen molar-refractivity contribution in [2.24, 2.45) is 5.92 Å². The normalized spacial score (nSPS) is 21.1. The second-order valence-electron chi connectivity index (χ2n) is 5.63. The Kier molecular flexibility index (Phi) is 4.19. The molecular formula is C14H25N3. The molecule has 1 heterocycles. The molecule has 3 nitrogen and oxygen atoms in total. The van der Waals surface area contributed by atoms with Crippen LogP contribution in [-0.2, 0) is 12.8 Å². The Morgan fingerprint density at radius 2 is 2.18 bits per heavy atom. The molecule has 1 aromatic heterocycles. The predicted molar refractivity (Wildman–Crippen MR) is 70.1 cm³/mol. The first-order chi connectivity index (χ1) is 8.22. The summed E-state index contributed by atoms with van der Waals surface area (Å²) in [4.78, 5) is 0. The molecule has 0 saturated carbocycles. The lowest BCUT2D eigenvalue weighted by molar-refractivity contribution is 0.404. The van der Waals surface area contributed by atoms with Crippen LogP contribution in [0, 0.1) is 5.92 Å². The number of hydrogen-bond donors (Lipinski definition) is 0. The monoisotopic (exact) mass is 235 g/mol. The van der Waals surface area contributed by atoms with E-state index in [-0.39, 0.29) is 0 Å². The highest BCUT2D eigenvalue weighted by Gasteiger charge is 2.20. The molecular weight excluding hydrogens is 210 g/mol. The van der Waals surface area contributed by atoms with Gasteiger partial charge in [0.25, 0.3) is 0 Å². The second kappa shape index (κ2) is 5.65. The zero-order valence-corrected chi connectivity index (χ0v) is 11.4. The van der Waals surface area contributed by atoms with Gasteiger partial charge in [-0.1, -0.05) is 37.8 Å². The van der Waals surface area contributed by atoms with Crippen molar-refractivity contribution in [2.45, 2.75) is 71.8 Å². The van der Waals surface area contributed by atoms with Gasteiger partial charge in [-0.2, -0.15) is 0 Å². The van der Waals surface area contributed by atoms with Gasteiger partial charge in [0.2, 0.25) is 0 Å². The van der Waals surface area contributed by atoms with Crippen LogP contribution >= 0.6 is 0 Å². The van der Waals surface area contributed by atoms with Crippen molar-refractivity contribution in [2.75, 3.05) is 0 Å². The zero-order valence-electron chi connectivity index (χ0n) is 11.4. The molecule has 1 aromatic rings. The van der Waals surface area contributed by atoms with E-state index in [1.54, 1.807) is 0 Å². The van der Waals surface area contributed by atoms with Crippen molar-refractivity contribution in [1.29, 1.82) is 0 Å². The summed E-state index contributed by atoms with van der Waals surface area (Å²) >= 11 is 0. The van der Waals surface area contributed by atoms with Gasteiger partial charge in [-0.25, -0.2) is 4.68 Å². The molecule has 1 aliphatic rings. The fourth-order valence-corrected chi connectivity index (χ4v) is 2.93. The minimum atomic E-state index is 0.440. The molecule has 0 aliphatic heterocycles. The van der Waals surface area contributed by atoms with Crippen molar-refractivity contribution in [3.05, 3.63) is 11.4 Å². The van der Waals surface area contributed by atoms with Crippen LogP contribution in [0.4, 0.5) is 0 Å². The number of hydrogen-bond acceptors (Lipinski definition) is 2. The minimum Gasteiger partial charge on any atom is -0.247 e. The molecule has 0 radical (unpaired) electrons. The highest BCUT2D eigenvalue weighted by atomic mass is 15.4. The summed E-state index contributed by atoms with van der Waals surface area (Å²) in [6.07, 6.45) is 8.99. The van der Waals surface area contributed by atoms with Crippen LogP contribution in [0.25, 0.3) is 0 Å². The van der Waals surface area contributed by atoms with Gasteiger partial charge in [-0.3, -0.25) is 0 Å². The van der Waals surface area contributed by atoms with Crippen LogP contribution in [0.3, 0.4) is 0 Å². The summed E-state index contributed by atoms with van der Waals surface area (Å²) in [5, 5.41) is 8.77. The first kappa shape index (κ1) is 12.6. The molecule has 0 bridgehead atoms.